The van der Waals surface area contributed by atoms with Crippen LogP contribution in [0.25, 0.3) is 0 Å². The zero-order valence-electron chi connectivity index (χ0n) is 12.6. The molecular formula is C16H17N3O3. The predicted octanol–water partition coefficient (Wildman–Crippen LogP) is 1.08. The van der Waals surface area contributed by atoms with Crippen molar-refractivity contribution in [3.8, 4) is 0 Å². The number of carbonyl (C=O) groups is 3. The van der Waals surface area contributed by atoms with E-state index >= 15 is 0 Å². The third kappa shape index (κ3) is 1.31. The summed E-state index contributed by atoms with van der Waals surface area (Å²) in [5.74, 6) is -0.574. The molecule has 1 aromatic rings. The van der Waals surface area contributed by atoms with Gasteiger partial charge in [0, 0.05) is 30.6 Å². The molecule has 0 bridgehead atoms. The van der Waals surface area contributed by atoms with Crippen molar-refractivity contribution in [3.05, 3.63) is 35.4 Å². The molecule has 1 aromatic carbocycles. The third-order valence-electron chi connectivity index (χ3n) is 5.03. The van der Waals surface area contributed by atoms with E-state index in [9.17, 15) is 14.4 Å². The van der Waals surface area contributed by atoms with Gasteiger partial charge in [0.1, 0.15) is 5.66 Å². The van der Waals surface area contributed by atoms with Crippen LogP contribution < -0.4 is 0 Å². The number of carbonyl (C=O) groups excluding carboxylic acids is 3. The molecule has 3 heterocycles. The smallest absolute Gasteiger partial charge is 0.256 e. The van der Waals surface area contributed by atoms with Crippen molar-refractivity contribution >= 4 is 17.7 Å². The fourth-order valence-electron chi connectivity index (χ4n) is 4.21. The molecule has 3 amide bonds. The second-order valence-corrected chi connectivity index (χ2v) is 6.08. The Hall–Kier alpha value is -2.21. The quantitative estimate of drug-likeness (QED) is 0.778. The van der Waals surface area contributed by atoms with E-state index < -0.39 is 5.66 Å². The summed E-state index contributed by atoms with van der Waals surface area (Å²) in [6.45, 7) is 3.93. The molecule has 6 heteroatoms. The average molecular weight is 299 g/mol. The largest absolute Gasteiger partial charge is 0.310 e. The molecule has 4 rings (SSSR count). The molecule has 0 aliphatic carbocycles. The van der Waals surface area contributed by atoms with Crippen LogP contribution >= 0.6 is 0 Å². The minimum Gasteiger partial charge on any atom is -0.310 e. The van der Waals surface area contributed by atoms with Gasteiger partial charge in [-0.3, -0.25) is 14.4 Å². The number of benzene rings is 1. The first kappa shape index (κ1) is 13.5. The summed E-state index contributed by atoms with van der Waals surface area (Å²) in [4.78, 5) is 39.0. The number of hydrogen-bond acceptors (Lipinski definition) is 4. The van der Waals surface area contributed by atoms with E-state index in [0.717, 1.165) is 12.0 Å². The maximum atomic E-state index is 12.9. The normalized spacial score (nSPS) is 29.8. The van der Waals surface area contributed by atoms with Gasteiger partial charge in [-0.25, -0.2) is 5.01 Å². The highest BCUT2D eigenvalue weighted by molar-refractivity contribution is 6.04. The molecule has 0 saturated carbocycles. The van der Waals surface area contributed by atoms with Crippen LogP contribution in [0.15, 0.2) is 24.3 Å². The first-order chi connectivity index (χ1) is 10.5. The van der Waals surface area contributed by atoms with Crippen LogP contribution in [0.4, 0.5) is 0 Å². The van der Waals surface area contributed by atoms with Gasteiger partial charge in [-0.2, -0.15) is 5.01 Å². The SMILES string of the molecule is CC[C@H]1CN2N(C(C)=O)C(=O)C[C@@]23c2ccccc2C(=O)N13. The van der Waals surface area contributed by atoms with Crippen molar-refractivity contribution in [2.75, 3.05) is 6.54 Å². The van der Waals surface area contributed by atoms with Gasteiger partial charge in [-0.1, -0.05) is 25.1 Å². The molecule has 1 spiro atoms. The van der Waals surface area contributed by atoms with Crippen LogP contribution in [-0.4, -0.2) is 45.2 Å². The van der Waals surface area contributed by atoms with Crippen LogP contribution in [0.3, 0.4) is 0 Å². The number of hydrogen-bond donors (Lipinski definition) is 0. The summed E-state index contributed by atoms with van der Waals surface area (Å²) in [7, 11) is 0. The van der Waals surface area contributed by atoms with E-state index in [1.807, 2.05) is 30.0 Å². The van der Waals surface area contributed by atoms with E-state index in [4.69, 9.17) is 0 Å². The molecular weight excluding hydrogens is 282 g/mol. The molecule has 3 aliphatic rings. The highest BCUT2D eigenvalue weighted by atomic mass is 16.2. The summed E-state index contributed by atoms with van der Waals surface area (Å²) in [6.07, 6.45) is 0.934. The second-order valence-electron chi connectivity index (χ2n) is 6.08. The number of rotatable bonds is 1. The molecule has 0 radical (unpaired) electrons. The van der Waals surface area contributed by atoms with E-state index in [-0.39, 0.29) is 30.2 Å². The van der Waals surface area contributed by atoms with E-state index in [2.05, 4.69) is 0 Å². The Morgan fingerprint density at radius 2 is 2.05 bits per heavy atom. The first-order valence-corrected chi connectivity index (χ1v) is 7.56. The summed E-state index contributed by atoms with van der Waals surface area (Å²) in [6, 6.07) is 7.42. The van der Waals surface area contributed by atoms with Gasteiger partial charge in [0.25, 0.3) is 5.91 Å². The molecule has 6 nitrogen and oxygen atoms in total. The summed E-state index contributed by atoms with van der Waals surface area (Å²) in [5.41, 5.74) is 0.675. The van der Waals surface area contributed by atoms with Crippen molar-refractivity contribution in [3.63, 3.8) is 0 Å². The number of imide groups is 1. The van der Waals surface area contributed by atoms with E-state index in [0.29, 0.717) is 12.1 Å². The Kier molecular flexibility index (Phi) is 2.55. The first-order valence-electron chi connectivity index (χ1n) is 7.56. The van der Waals surface area contributed by atoms with Crippen LogP contribution in [-0.2, 0) is 15.3 Å². The van der Waals surface area contributed by atoms with Gasteiger partial charge >= 0.3 is 0 Å². The molecule has 0 aromatic heterocycles. The van der Waals surface area contributed by atoms with Gasteiger partial charge in [0.05, 0.1) is 6.42 Å². The summed E-state index contributed by atoms with van der Waals surface area (Å²) >= 11 is 0. The Morgan fingerprint density at radius 3 is 2.73 bits per heavy atom. The monoisotopic (exact) mass is 299 g/mol. The van der Waals surface area contributed by atoms with Crippen molar-refractivity contribution in [2.24, 2.45) is 0 Å². The fraction of sp³-hybridized carbons (Fsp3) is 0.438. The number of nitrogens with zero attached hydrogens (tertiary/aromatic N) is 3. The van der Waals surface area contributed by atoms with E-state index in [1.54, 1.807) is 11.1 Å². The van der Waals surface area contributed by atoms with Gasteiger partial charge in [-0.05, 0) is 12.5 Å². The lowest BCUT2D eigenvalue weighted by atomic mass is 9.96. The van der Waals surface area contributed by atoms with Gasteiger partial charge < -0.3 is 4.90 Å². The molecule has 2 atom stereocenters. The van der Waals surface area contributed by atoms with Crippen molar-refractivity contribution in [2.45, 2.75) is 38.4 Å². The van der Waals surface area contributed by atoms with Crippen LogP contribution in [0, 0.1) is 0 Å². The molecule has 114 valence electrons. The number of fused-ring (bicyclic) bond motifs is 1. The second kappa shape index (κ2) is 4.16. The molecule has 2 saturated heterocycles. The van der Waals surface area contributed by atoms with E-state index in [1.165, 1.54) is 11.9 Å². The Balaban J connectivity index is 1.96. The van der Waals surface area contributed by atoms with Crippen molar-refractivity contribution < 1.29 is 14.4 Å². The lowest BCUT2D eigenvalue weighted by Gasteiger charge is -2.35. The maximum absolute atomic E-state index is 12.9. The van der Waals surface area contributed by atoms with Crippen LogP contribution in [0.5, 0.6) is 0 Å². The zero-order valence-corrected chi connectivity index (χ0v) is 12.6. The topological polar surface area (TPSA) is 60.9 Å². The molecule has 3 aliphatic heterocycles. The molecule has 0 N–H and O–H groups in total. The standard InChI is InChI=1S/C16H17N3O3/c1-3-11-9-17-16(8-14(21)19(17)10(2)20)13-7-5-4-6-12(13)15(22)18(11)16/h4-7,11H,3,8-9H2,1-2H3/t11-,16+/m0/s1. The van der Waals surface area contributed by atoms with Gasteiger partial charge in [-0.15, -0.1) is 0 Å². The minimum absolute atomic E-state index is 0.00912. The Morgan fingerprint density at radius 1 is 1.32 bits per heavy atom. The maximum Gasteiger partial charge on any atom is 0.256 e. The fourth-order valence-corrected chi connectivity index (χ4v) is 4.21. The lowest BCUT2D eigenvalue weighted by molar-refractivity contribution is -0.158. The summed E-state index contributed by atoms with van der Waals surface area (Å²) in [5, 5.41) is 3.02. The summed E-state index contributed by atoms with van der Waals surface area (Å²) < 4.78 is 0. The zero-order chi connectivity index (χ0) is 15.6. The van der Waals surface area contributed by atoms with Crippen molar-refractivity contribution in [1.82, 2.24) is 14.9 Å². The number of hydrazine groups is 1. The van der Waals surface area contributed by atoms with Crippen LogP contribution in [0.2, 0.25) is 0 Å². The highest BCUT2D eigenvalue weighted by Crippen LogP contribution is 2.53. The minimum atomic E-state index is -0.808. The Labute approximate surface area is 128 Å². The predicted molar refractivity (Wildman–Crippen MR) is 77.2 cm³/mol. The lowest BCUT2D eigenvalue weighted by Crippen LogP contribution is -2.49. The van der Waals surface area contributed by atoms with Gasteiger partial charge in [0.15, 0.2) is 0 Å². The average Bonchev–Trinajstić information content (AvgIpc) is 3.03. The van der Waals surface area contributed by atoms with Crippen LogP contribution in [0.1, 0.15) is 42.6 Å². The highest BCUT2D eigenvalue weighted by Gasteiger charge is 2.67. The molecule has 0 unspecified atom stereocenters. The molecule has 2 fully saturated rings. The molecule has 22 heavy (non-hydrogen) atoms. The number of amides is 3. The van der Waals surface area contributed by atoms with Gasteiger partial charge in [0.2, 0.25) is 11.8 Å². The third-order valence-corrected chi connectivity index (χ3v) is 5.03. The Bertz CT molecular complexity index is 716. The van der Waals surface area contributed by atoms with Crippen molar-refractivity contribution in [1.29, 1.82) is 0 Å².